The van der Waals surface area contributed by atoms with Crippen molar-refractivity contribution in [1.82, 2.24) is 9.62 Å². The van der Waals surface area contributed by atoms with Gasteiger partial charge in [0.15, 0.2) is 0 Å². The van der Waals surface area contributed by atoms with Crippen LogP contribution in [0.15, 0.2) is 41.3 Å². The van der Waals surface area contributed by atoms with Gasteiger partial charge in [0.25, 0.3) is 11.8 Å². The van der Waals surface area contributed by atoms with Crippen LogP contribution in [0.1, 0.15) is 26.3 Å². The van der Waals surface area contributed by atoms with E-state index in [0.717, 1.165) is 23.8 Å². The Kier molecular flexibility index (Phi) is 5.07. The number of nitrogens with zero attached hydrogens (tertiary/aromatic N) is 1. The highest BCUT2D eigenvalue weighted by Gasteiger charge is 2.28. The minimum absolute atomic E-state index is 0.167. The third-order valence-corrected chi connectivity index (χ3v) is 6.74. The number of rotatable bonds is 4. The maximum absolute atomic E-state index is 14.3. The molecule has 1 saturated heterocycles. The van der Waals surface area contributed by atoms with E-state index in [9.17, 15) is 22.4 Å². The minimum atomic E-state index is -3.87. The van der Waals surface area contributed by atoms with Gasteiger partial charge in [-0.2, -0.15) is 4.31 Å². The zero-order chi connectivity index (χ0) is 20.6. The number of halogens is 1. The molecule has 0 aliphatic carbocycles. The highest BCUT2D eigenvalue weighted by atomic mass is 32.2. The van der Waals surface area contributed by atoms with Crippen LogP contribution in [0.2, 0.25) is 0 Å². The van der Waals surface area contributed by atoms with Gasteiger partial charge in [-0.3, -0.25) is 9.59 Å². The summed E-state index contributed by atoms with van der Waals surface area (Å²) >= 11 is 0. The Bertz CT molecular complexity index is 1100. The van der Waals surface area contributed by atoms with Crippen molar-refractivity contribution in [3.63, 3.8) is 0 Å². The lowest BCUT2D eigenvalue weighted by Gasteiger charge is -2.26. The number of carbonyl (C=O) groups excluding carboxylic acids is 2. The van der Waals surface area contributed by atoms with Gasteiger partial charge < -0.3 is 15.4 Å². The van der Waals surface area contributed by atoms with Crippen molar-refractivity contribution in [3.05, 3.63) is 58.9 Å². The summed E-state index contributed by atoms with van der Waals surface area (Å²) in [5, 5.41) is 5.19. The second-order valence-corrected chi connectivity index (χ2v) is 8.60. The van der Waals surface area contributed by atoms with Crippen LogP contribution in [0.4, 0.5) is 10.1 Å². The topological polar surface area (TPSA) is 105 Å². The normalized spacial score (nSPS) is 16.9. The third-order valence-electron chi connectivity index (χ3n) is 4.84. The molecule has 0 bridgehead atoms. The van der Waals surface area contributed by atoms with Crippen molar-refractivity contribution in [2.24, 2.45) is 0 Å². The van der Waals surface area contributed by atoms with Crippen molar-refractivity contribution in [3.8, 4) is 0 Å². The molecule has 0 spiro atoms. The first-order chi connectivity index (χ1) is 13.9. The Balaban J connectivity index is 1.60. The van der Waals surface area contributed by atoms with Gasteiger partial charge in [0.1, 0.15) is 5.82 Å². The highest BCUT2D eigenvalue weighted by Crippen LogP contribution is 2.23. The van der Waals surface area contributed by atoms with Crippen LogP contribution in [-0.2, 0) is 21.3 Å². The third kappa shape index (κ3) is 3.74. The molecule has 0 radical (unpaired) electrons. The Morgan fingerprint density at radius 2 is 1.90 bits per heavy atom. The number of carbonyl (C=O) groups is 2. The minimum Gasteiger partial charge on any atom is -0.379 e. The van der Waals surface area contributed by atoms with E-state index in [1.165, 1.54) is 10.4 Å². The van der Waals surface area contributed by atoms with E-state index in [4.69, 9.17) is 4.74 Å². The van der Waals surface area contributed by atoms with Crippen molar-refractivity contribution in [2.45, 2.75) is 11.4 Å². The highest BCUT2D eigenvalue weighted by molar-refractivity contribution is 7.89. The molecule has 4 rings (SSSR count). The van der Waals surface area contributed by atoms with Gasteiger partial charge in [-0.25, -0.2) is 12.8 Å². The van der Waals surface area contributed by atoms with E-state index in [2.05, 4.69) is 10.6 Å². The lowest BCUT2D eigenvalue weighted by molar-refractivity contribution is 0.0730. The fraction of sp³-hybridized carbons (Fsp3) is 0.263. The molecular formula is C19H18FN3O5S. The molecular weight excluding hydrogens is 401 g/mol. The van der Waals surface area contributed by atoms with E-state index in [-0.39, 0.29) is 37.1 Å². The predicted molar refractivity (Wildman–Crippen MR) is 102 cm³/mol. The molecule has 29 heavy (non-hydrogen) atoms. The van der Waals surface area contributed by atoms with Crippen LogP contribution in [0, 0.1) is 5.82 Å². The van der Waals surface area contributed by atoms with Gasteiger partial charge in [-0.1, -0.05) is 6.07 Å². The number of sulfonamides is 1. The average molecular weight is 419 g/mol. The number of hydrogen-bond acceptors (Lipinski definition) is 5. The van der Waals surface area contributed by atoms with E-state index in [1.807, 2.05) is 0 Å². The molecule has 8 nitrogen and oxygen atoms in total. The van der Waals surface area contributed by atoms with Gasteiger partial charge in [-0.05, 0) is 35.9 Å². The second kappa shape index (κ2) is 7.54. The molecule has 2 heterocycles. The summed E-state index contributed by atoms with van der Waals surface area (Å²) in [4.78, 5) is 24.2. The van der Waals surface area contributed by atoms with Gasteiger partial charge in [0.05, 0.1) is 23.7 Å². The van der Waals surface area contributed by atoms with E-state index in [0.29, 0.717) is 17.8 Å². The first-order valence-corrected chi connectivity index (χ1v) is 10.4. The van der Waals surface area contributed by atoms with Crippen molar-refractivity contribution < 1.29 is 27.1 Å². The largest absolute Gasteiger partial charge is 0.379 e. The number of ether oxygens (including phenoxy) is 1. The van der Waals surface area contributed by atoms with Gasteiger partial charge in [-0.15, -0.1) is 0 Å². The molecule has 10 heteroatoms. The number of hydrogen-bond donors (Lipinski definition) is 2. The summed E-state index contributed by atoms with van der Waals surface area (Å²) in [6, 6.07) is 7.91. The zero-order valence-corrected chi connectivity index (χ0v) is 16.1. The quantitative estimate of drug-likeness (QED) is 0.778. The van der Waals surface area contributed by atoms with E-state index < -0.39 is 27.3 Å². The molecule has 2 amide bonds. The second-order valence-electron chi connectivity index (χ2n) is 6.67. The maximum Gasteiger partial charge on any atom is 0.258 e. The van der Waals surface area contributed by atoms with Crippen LogP contribution in [-0.4, -0.2) is 50.8 Å². The van der Waals surface area contributed by atoms with E-state index >= 15 is 0 Å². The molecule has 2 N–H and O–H groups in total. The number of fused-ring (bicyclic) bond motifs is 1. The Morgan fingerprint density at radius 1 is 1.14 bits per heavy atom. The summed E-state index contributed by atoms with van der Waals surface area (Å²) in [7, 11) is -3.87. The van der Waals surface area contributed by atoms with Crippen LogP contribution >= 0.6 is 0 Å². The lowest BCUT2D eigenvalue weighted by Crippen LogP contribution is -2.40. The fourth-order valence-electron chi connectivity index (χ4n) is 3.26. The summed E-state index contributed by atoms with van der Waals surface area (Å²) in [6.07, 6.45) is 0. The van der Waals surface area contributed by atoms with E-state index in [1.54, 1.807) is 12.1 Å². The van der Waals surface area contributed by atoms with Crippen molar-refractivity contribution in [2.75, 3.05) is 31.6 Å². The molecule has 0 atom stereocenters. The van der Waals surface area contributed by atoms with Crippen LogP contribution < -0.4 is 10.6 Å². The fourth-order valence-corrected chi connectivity index (χ4v) is 4.70. The van der Waals surface area contributed by atoms with Crippen LogP contribution in [0.3, 0.4) is 0 Å². The SMILES string of the molecule is O=C(Nc1ccc2c(c1)C(=O)NC2)c1cc(S(=O)(=O)N2CCOCC2)ccc1F. The smallest absolute Gasteiger partial charge is 0.258 e. The number of nitrogens with one attached hydrogen (secondary N) is 2. The molecule has 2 aliphatic heterocycles. The first-order valence-electron chi connectivity index (χ1n) is 8.96. The van der Waals surface area contributed by atoms with Gasteiger partial charge in [0.2, 0.25) is 10.0 Å². The number of morpholine rings is 1. The number of benzene rings is 2. The first kappa shape index (κ1) is 19.5. The van der Waals surface area contributed by atoms with Gasteiger partial charge in [0, 0.05) is 30.9 Å². The number of amides is 2. The molecule has 0 saturated carbocycles. The summed E-state index contributed by atoms with van der Waals surface area (Å²) in [6.45, 7) is 1.36. The predicted octanol–water partition coefficient (Wildman–Crippen LogP) is 1.34. The Labute approximate surface area is 166 Å². The molecule has 2 aromatic carbocycles. The molecule has 0 unspecified atom stereocenters. The number of anilines is 1. The zero-order valence-electron chi connectivity index (χ0n) is 15.3. The summed E-state index contributed by atoms with van der Waals surface area (Å²) in [5.74, 6) is -1.90. The molecule has 2 aliphatic rings. The van der Waals surface area contributed by atoms with Crippen molar-refractivity contribution in [1.29, 1.82) is 0 Å². The van der Waals surface area contributed by atoms with Crippen LogP contribution in [0.25, 0.3) is 0 Å². The monoisotopic (exact) mass is 419 g/mol. The Morgan fingerprint density at radius 3 is 2.66 bits per heavy atom. The van der Waals surface area contributed by atoms with Crippen LogP contribution in [0.5, 0.6) is 0 Å². The average Bonchev–Trinajstić information content (AvgIpc) is 3.09. The summed E-state index contributed by atoms with van der Waals surface area (Å²) < 4.78 is 46.2. The Hall–Kier alpha value is -2.82. The van der Waals surface area contributed by atoms with Crippen molar-refractivity contribution >= 4 is 27.5 Å². The molecule has 2 aromatic rings. The molecule has 152 valence electrons. The summed E-state index contributed by atoms with van der Waals surface area (Å²) in [5.41, 5.74) is 1.15. The maximum atomic E-state index is 14.3. The molecule has 1 fully saturated rings. The lowest BCUT2D eigenvalue weighted by atomic mass is 10.1. The molecule has 0 aromatic heterocycles. The van der Waals surface area contributed by atoms with Gasteiger partial charge >= 0.3 is 0 Å². The standard InChI is InChI=1S/C19H18FN3O5S/c20-17-4-3-14(29(26,27)23-5-7-28-8-6-23)10-16(17)19(25)22-13-2-1-12-11-21-18(24)15(12)9-13/h1-4,9-10H,5-8,11H2,(H,21,24)(H,22,25).